The molecule has 5 rings (SSSR count). The first-order valence-corrected chi connectivity index (χ1v) is 11.1. The number of rotatable bonds is 6. The molecule has 0 bridgehead atoms. The van der Waals surface area contributed by atoms with E-state index in [4.69, 9.17) is 4.74 Å². The molecule has 32 heavy (non-hydrogen) atoms. The van der Waals surface area contributed by atoms with Gasteiger partial charge in [-0.15, -0.1) is 0 Å². The summed E-state index contributed by atoms with van der Waals surface area (Å²) in [6, 6.07) is 16.4. The van der Waals surface area contributed by atoms with Crippen molar-refractivity contribution in [2.45, 2.75) is 25.5 Å². The van der Waals surface area contributed by atoms with E-state index >= 15 is 0 Å². The number of aromatic nitrogens is 3. The molecule has 2 aromatic heterocycles. The molecule has 0 radical (unpaired) electrons. The van der Waals surface area contributed by atoms with Crippen LogP contribution in [0.4, 0.5) is 0 Å². The van der Waals surface area contributed by atoms with Crippen molar-refractivity contribution in [3.05, 3.63) is 78.2 Å². The molecule has 0 aliphatic carbocycles. The Bertz CT molecular complexity index is 1180. The van der Waals surface area contributed by atoms with E-state index in [1.165, 1.54) is 10.9 Å². The number of pyridine rings is 1. The van der Waals surface area contributed by atoms with Crippen molar-refractivity contribution in [1.82, 2.24) is 20.1 Å². The van der Waals surface area contributed by atoms with E-state index in [0.29, 0.717) is 0 Å². The maximum atomic E-state index is 10.7. The van der Waals surface area contributed by atoms with Crippen LogP contribution in [-0.2, 0) is 6.54 Å². The van der Waals surface area contributed by atoms with Gasteiger partial charge in [0.2, 0.25) is 0 Å². The summed E-state index contributed by atoms with van der Waals surface area (Å²) in [5, 5.41) is 20.6. The largest absolute Gasteiger partial charge is 0.497 e. The van der Waals surface area contributed by atoms with Crippen LogP contribution in [0.1, 0.15) is 30.1 Å². The van der Waals surface area contributed by atoms with Crippen LogP contribution in [-0.4, -0.2) is 45.4 Å². The van der Waals surface area contributed by atoms with Crippen LogP contribution in [0.5, 0.6) is 5.75 Å². The monoisotopic (exact) mass is 428 g/mol. The summed E-state index contributed by atoms with van der Waals surface area (Å²) in [6.45, 7) is 2.77. The first kappa shape index (κ1) is 20.7. The van der Waals surface area contributed by atoms with E-state index in [-0.39, 0.29) is 5.92 Å². The Kier molecular flexibility index (Phi) is 5.88. The zero-order valence-corrected chi connectivity index (χ0v) is 18.2. The molecule has 4 aromatic rings. The van der Waals surface area contributed by atoms with Gasteiger partial charge in [0.05, 0.1) is 25.1 Å². The molecule has 1 aliphatic rings. The number of aromatic amines is 1. The number of piperidine rings is 1. The number of nitrogens with zero attached hydrogens (tertiary/aromatic N) is 3. The molecular formula is C26H28N4O2. The third-order valence-electron chi connectivity index (χ3n) is 6.55. The number of aliphatic hydroxyl groups is 1. The Morgan fingerprint density at radius 3 is 2.69 bits per heavy atom. The molecule has 0 spiro atoms. The van der Waals surface area contributed by atoms with Gasteiger partial charge in [-0.1, -0.05) is 24.3 Å². The summed E-state index contributed by atoms with van der Waals surface area (Å²) in [5.41, 5.74) is 4.32. The molecule has 0 unspecified atom stereocenters. The van der Waals surface area contributed by atoms with E-state index < -0.39 is 6.10 Å². The lowest BCUT2D eigenvalue weighted by Gasteiger charge is -2.34. The number of benzene rings is 2. The first-order chi connectivity index (χ1) is 15.7. The van der Waals surface area contributed by atoms with Gasteiger partial charge in [0.1, 0.15) is 5.75 Å². The highest BCUT2D eigenvalue weighted by atomic mass is 16.5. The summed E-state index contributed by atoms with van der Waals surface area (Å²) >= 11 is 0. The molecule has 0 saturated carbocycles. The average molecular weight is 429 g/mol. The second-order valence-electron chi connectivity index (χ2n) is 8.54. The number of H-pyrrole nitrogens is 1. The quantitative estimate of drug-likeness (QED) is 0.470. The van der Waals surface area contributed by atoms with Crippen LogP contribution in [0.25, 0.3) is 22.0 Å². The Morgan fingerprint density at radius 2 is 1.91 bits per heavy atom. The molecule has 1 fully saturated rings. The summed E-state index contributed by atoms with van der Waals surface area (Å²) in [4.78, 5) is 6.60. The molecule has 1 atom stereocenters. The summed E-state index contributed by atoms with van der Waals surface area (Å²) < 4.78 is 5.34. The molecule has 6 nitrogen and oxygen atoms in total. The lowest BCUT2D eigenvalue weighted by molar-refractivity contribution is 0.0566. The number of hydrogen-bond donors (Lipinski definition) is 2. The Labute approximate surface area is 187 Å². The number of ether oxygens (including phenoxy) is 1. The summed E-state index contributed by atoms with van der Waals surface area (Å²) in [7, 11) is 1.69. The summed E-state index contributed by atoms with van der Waals surface area (Å²) in [5.74, 6) is 1.14. The van der Waals surface area contributed by atoms with Gasteiger partial charge >= 0.3 is 0 Å². The maximum Gasteiger partial charge on any atom is 0.119 e. The predicted octanol–water partition coefficient (Wildman–Crippen LogP) is 4.58. The van der Waals surface area contributed by atoms with Crippen LogP contribution in [0.2, 0.25) is 0 Å². The predicted molar refractivity (Wildman–Crippen MR) is 125 cm³/mol. The number of fused-ring (bicyclic) bond motifs is 1. The third-order valence-corrected chi connectivity index (χ3v) is 6.55. The molecule has 1 saturated heterocycles. The molecule has 0 amide bonds. The fraction of sp³-hybridized carbons (Fsp3) is 0.308. The van der Waals surface area contributed by atoms with Crippen LogP contribution >= 0.6 is 0 Å². The second-order valence-corrected chi connectivity index (χ2v) is 8.54. The lowest BCUT2D eigenvalue weighted by atomic mass is 9.88. The standard InChI is InChI=1S/C26H28N4O2/c1-32-24-7-6-19-13-21(5-4-20(19)14-24)25-23(16-28-29-25)17-30-11-8-18(9-12-30)26(31)22-3-2-10-27-15-22/h2-7,10,13-16,18,26,31H,8-9,11-12,17H2,1H3,(H,28,29)/t26-/m1/s1. The van der Waals surface area contributed by atoms with E-state index in [2.05, 4.69) is 50.4 Å². The number of aliphatic hydroxyl groups excluding tert-OH is 1. The van der Waals surface area contributed by atoms with E-state index in [1.54, 1.807) is 19.5 Å². The smallest absolute Gasteiger partial charge is 0.119 e. The van der Waals surface area contributed by atoms with E-state index in [0.717, 1.165) is 60.4 Å². The van der Waals surface area contributed by atoms with Gasteiger partial charge < -0.3 is 9.84 Å². The Balaban J connectivity index is 1.26. The minimum absolute atomic E-state index is 0.275. The number of methoxy groups -OCH3 is 1. The van der Waals surface area contributed by atoms with Gasteiger partial charge in [0, 0.05) is 30.1 Å². The van der Waals surface area contributed by atoms with Crippen LogP contribution in [0.3, 0.4) is 0 Å². The fourth-order valence-corrected chi connectivity index (χ4v) is 4.68. The van der Waals surface area contributed by atoms with Crippen molar-refractivity contribution in [2.24, 2.45) is 5.92 Å². The normalized spacial score (nSPS) is 16.3. The number of likely N-dealkylation sites (tertiary alicyclic amines) is 1. The van der Waals surface area contributed by atoms with Crippen molar-refractivity contribution < 1.29 is 9.84 Å². The Hall–Kier alpha value is -3.22. The van der Waals surface area contributed by atoms with Gasteiger partial charge in [-0.3, -0.25) is 15.0 Å². The topological polar surface area (TPSA) is 74.3 Å². The highest BCUT2D eigenvalue weighted by molar-refractivity contribution is 5.88. The van der Waals surface area contributed by atoms with Crippen LogP contribution < -0.4 is 4.74 Å². The lowest BCUT2D eigenvalue weighted by Crippen LogP contribution is -2.35. The van der Waals surface area contributed by atoms with Crippen molar-refractivity contribution in [2.75, 3.05) is 20.2 Å². The molecule has 2 aromatic carbocycles. The van der Waals surface area contributed by atoms with Gasteiger partial charge in [-0.05, 0) is 72.5 Å². The molecular weight excluding hydrogens is 400 g/mol. The second kappa shape index (κ2) is 9.10. The van der Waals surface area contributed by atoms with Crippen molar-refractivity contribution >= 4 is 10.8 Å². The minimum atomic E-state index is -0.438. The molecule has 6 heteroatoms. The SMILES string of the molecule is COc1ccc2cc(-c3[nH]ncc3CN3CCC([C@@H](O)c4cccnc4)CC3)ccc2c1. The average Bonchev–Trinajstić information content (AvgIpc) is 3.32. The van der Waals surface area contributed by atoms with Gasteiger partial charge in [0.25, 0.3) is 0 Å². The first-order valence-electron chi connectivity index (χ1n) is 11.1. The van der Waals surface area contributed by atoms with Crippen molar-refractivity contribution in [1.29, 1.82) is 0 Å². The highest BCUT2D eigenvalue weighted by Gasteiger charge is 2.27. The van der Waals surface area contributed by atoms with Gasteiger partial charge in [0.15, 0.2) is 0 Å². The van der Waals surface area contributed by atoms with Crippen LogP contribution in [0.15, 0.2) is 67.1 Å². The van der Waals surface area contributed by atoms with E-state index in [9.17, 15) is 5.11 Å². The van der Waals surface area contributed by atoms with Gasteiger partial charge in [-0.25, -0.2) is 0 Å². The minimum Gasteiger partial charge on any atom is -0.497 e. The third kappa shape index (κ3) is 4.24. The van der Waals surface area contributed by atoms with Crippen molar-refractivity contribution in [3.8, 4) is 17.0 Å². The number of nitrogens with one attached hydrogen (secondary N) is 1. The Morgan fingerprint density at radius 1 is 1.09 bits per heavy atom. The zero-order chi connectivity index (χ0) is 21.9. The number of hydrogen-bond acceptors (Lipinski definition) is 5. The molecule has 2 N–H and O–H groups in total. The highest BCUT2D eigenvalue weighted by Crippen LogP contribution is 2.32. The molecule has 164 valence electrons. The fourth-order valence-electron chi connectivity index (χ4n) is 4.68. The molecule has 1 aliphatic heterocycles. The summed E-state index contributed by atoms with van der Waals surface area (Å²) in [6.07, 6.45) is 6.96. The maximum absolute atomic E-state index is 10.7. The zero-order valence-electron chi connectivity index (χ0n) is 18.2. The van der Waals surface area contributed by atoms with Crippen molar-refractivity contribution in [3.63, 3.8) is 0 Å². The molecule has 3 heterocycles. The van der Waals surface area contributed by atoms with Gasteiger partial charge in [-0.2, -0.15) is 5.10 Å². The van der Waals surface area contributed by atoms with E-state index in [1.807, 2.05) is 24.4 Å². The van der Waals surface area contributed by atoms with Crippen LogP contribution in [0, 0.1) is 5.92 Å².